The number of methoxy groups -OCH3 is 1. The van der Waals surface area contributed by atoms with Crippen LogP contribution in [0.4, 0.5) is 5.69 Å². The number of rotatable bonds is 7. The van der Waals surface area contributed by atoms with Gasteiger partial charge in [0.2, 0.25) is 0 Å². The number of hydrogen-bond donors (Lipinski definition) is 2. The number of nitrogens with zero attached hydrogens (tertiary/aromatic N) is 2. The van der Waals surface area contributed by atoms with Gasteiger partial charge >= 0.3 is 0 Å². The third-order valence-corrected chi connectivity index (χ3v) is 4.88. The minimum Gasteiger partial charge on any atom is -0.507 e. The van der Waals surface area contributed by atoms with E-state index in [0.717, 1.165) is 0 Å². The van der Waals surface area contributed by atoms with Crippen LogP contribution in [0.1, 0.15) is 23.6 Å². The first-order valence-electron chi connectivity index (χ1n) is 9.17. The lowest BCUT2D eigenvalue weighted by atomic mass is 9.95. The van der Waals surface area contributed by atoms with Crippen molar-refractivity contribution in [2.24, 2.45) is 0 Å². The Labute approximate surface area is 172 Å². The van der Waals surface area contributed by atoms with Crippen molar-refractivity contribution in [2.45, 2.75) is 12.5 Å². The number of Topliss-reactive ketones (excluding diaryl/α,β-unsaturated/α-hetero) is 1. The van der Waals surface area contributed by atoms with Crippen molar-refractivity contribution in [1.29, 1.82) is 0 Å². The first-order valence-corrected chi connectivity index (χ1v) is 9.17. The number of carbonyl (C=O) groups is 2. The molecule has 2 aromatic carbocycles. The van der Waals surface area contributed by atoms with Crippen LogP contribution in [0, 0.1) is 10.1 Å². The predicted molar refractivity (Wildman–Crippen MR) is 107 cm³/mol. The van der Waals surface area contributed by atoms with Gasteiger partial charge in [0.1, 0.15) is 11.5 Å². The number of aliphatic hydroxyl groups is 2. The SMILES string of the molecule is COc1ccc(C(O)=C2C(=O)C(=O)N(CCCO)[C@@H]2c2ccc([N+](=O)[O-])cc2)cc1. The molecule has 156 valence electrons. The third kappa shape index (κ3) is 3.87. The number of amides is 1. The van der Waals surface area contributed by atoms with E-state index in [-0.39, 0.29) is 36.6 Å². The van der Waals surface area contributed by atoms with Crippen LogP contribution in [-0.4, -0.2) is 52.0 Å². The molecular formula is C21H20N2O7. The fourth-order valence-corrected chi connectivity index (χ4v) is 3.38. The lowest BCUT2D eigenvalue weighted by Crippen LogP contribution is -2.31. The summed E-state index contributed by atoms with van der Waals surface area (Å²) in [4.78, 5) is 37.1. The maximum absolute atomic E-state index is 12.8. The average Bonchev–Trinajstić information content (AvgIpc) is 3.02. The van der Waals surface area contributed by atoms with Crippen LogP contribution < -0.4 is 4.74 Å². The van der Waals surface area contributed by atoms with Crippen LogP contribution >= 0.6 is 0 Å². The normalized spacial score (nSPS) is 17.9. The highest BCUT2D eigenvalue weighted by molar-refractivity contribution is 6.46. The second-order valence-corrected chi connectivity index (χ2v) is 6.65. The quantitative estimate of drug-likeness (QED) is 0.235. The van der Waals surface area contributed by atoms with Gasteiger partial charge in [-0.25, -0.2) is 0 Å². The summed E-state index contributed by atoms with van der Waals surface area (Å²) < 4.78 is 5.09. The van der Waals surface area contributed by atoms with Gasteiger partial charge in [-0.15, -0.1) is 0 Å². The van der Waals surface area contributed by atoms with Crippen molar-refractivity contribution in [3.63, 3.8) is 0 Å². The number of ketones is 1. The van der Waals surface area contributed by atoms with Crippen molar-refractivity contribution in [3.8, 4) is 5.75 Å². The summed E-state index contributed by atoms with van der Waals surface area (Å²) in [5.74, 6) is -1.46. The third-order valence-electron chi connectivity index (χ3n) is 4.88. The number of aliphatic hydroxyl groups excluding tert-OH is 2. The number of non-ortho nitro benzene ring substituents is 1. The van der Waals surface area contributed by atoms with Crippen molar-refractivity contribution in [1.82, 2.24) is 4.90 Å². The Hall–Kier alpha value is -3.72. The largest absolute Gasteiger partial charge is 0.507 e. The topological polar surface area (TPSA) is 130 Å². The van der Waals surface area contributed by atoms with Gasteiger partial charge < -0.3 is 19.8 Å². The molecule has 9 nitrogen and oxygen atoms in total. The van der Waals surface area contributed by atoms with Crippen LogP contribution in [0.3, 0.4) is 0 Å². The molecule has 0 aliphatic carbocycles. The second-order valence-electron chi connectivity index (χ2n) is 6.65. The standard InChI is InChI=1S/C21H20N2O7/c1-30-16-9-5-14(6-10-16)19(25)17-18(13-3-7-15(8-4-13)23(28)29)22(11-2-12-24)21(27)20(17)26/h3-10,18,24-25H,2,11-12H2,1H3/t18-/m1/s1. The molecule has 1 atom stereocenters. The molecule has 30 heavy (non-hydrogen) atoms. The molecule has 1 aliphatic heterocycles. The zero-order chi connectivity index (χ0) is 21.8. The molecule has 1 saturated heterocycles. The monoisotopic (exact) mass is 412 g/mol. The number of benzene rings is 2. The lowest BCUT2D eigenvalue weighted by molar-refractivity contribution is -0.384. The first kappa shape index (κ1) is 21.0. The van der Waals surface area contributed by atoms with Crippen LogP contribution in [-0.2, 0) is 9.59 Å². The Morgan fingerprint density at radius 3 is 2.30 bits per heavy atom. The van der Waals surface area contributed by atoms with E-state index in [0.29, 0.717) is 16.9 Å². The summed E-state index contributed by atoms with van der Waals surface area (Å²) in [5, 5.41) is 31.0. The molecule has 1 fully saturated rings. The van der Waals surface area contributed by atoms with Gasteiger partial charge in [0, 0.05) is 30.8 Å². The zero-order valence-electron chi connectivity index (χ0n) is 16.1. The van der Waals surface area contributed by atoms with Crippen LogP contribution in [0.2, 0.25) is 0 Å². The number of hydrogen-bond acceptors (Lipinski definition) is 7. The minimum atomic E-state index is -0.931. The predicted octanol–water partition coefficient (Wildman–Crippen LogP) is 2.41. The smallest absolute Gasteiger partial charge is 0.295 e. The van der Waals surface area contributed by atoms with E-state index >= 15 is 0 Å². The number of likely N-dealkylation sites (tertiary alicyclic amines) is 1. The fourth-order valence-electron chi connectivity index (χ4n) is 3.38. The molecule has 0 spiro atoms. The molecule has 0 unspecified atom stereocenters. The molecule has 0 saturated carbocycles. The second kappa shape index (κ2) is 8.75. The van der Waals surface area contributed by atoms with Gasteiger partial charge in [-0.2, -0.15) is 0 Å². The van der Waals surface area contributed by atoms with Crippen LogP contribution in [0.15, 0.2) is 54.1 Å². The maximum Gasteiger partial charge on any atom is 0.295 e. The summed E-state index contributed by atoms with van der Waals surface area (Å²) in [5.41, 5.74) is 0.508. The highest BCUT2D eigenvalue weighted by Gasteiger charge is 2.45. The Kier molecular flexibility index (Phi) is 6.12. The van der Waals surface area contributed by atoms with Crippen molar-refractivity contribution >= 4 is 23.1 Å². The molecule has 1 heterocycles. The lowest BCUT2D eigenvalue weighted by Gasteiger charge is -2.25. The van der Waals surface area contributed by atoms with Gasteiger partial charge in [0.25, 0.3) is 17.4 Å². The minimum absolute atomic E-state index is 0.0854. The molecule has 1 amide bonds. The average molecular weight is 412 g/mol. The highest BCUT2D eigenvalue weighted by Crippen LogP contribution is 2.40. The summed E-state index contributed by atoms with van der Waals surface area (Å²) in [6.45, 7) is -0.101. The molecule has 3 rings (SSSR count). The molecule has 0 bridgehead atoms. The molecule has 0 radical (unpaired) electrons. The number of nitro benzene ring substituents is 1. The van der Waals surface area contributed by atoms with E-state index in [1.165, 1.54) is 36.3 Å². The molecule has 0 aromatic heterocycles. The van der Waals surface area contributed by atoms with Gasteiger partial charge in [0.05, 0.1) is 23.6 Å². The van der Waals surface area contributed by atoms with Crippen LogP contribution in [0.5, 0.6) is 5.75 Å². The van der Waals surface area contributed by atoms with E-state index in [4.69, 9.17) is 9.84 Å². The molecule has 1 aliphatic rings. The van der Waals surface area contributed by atoms with Gasteiger partial charge in [0.15, 0.2) is 0 Å². The first-order chi connectivity index (χ1) is 14.4. The molecule has 2 N–H and O–H groups in total. The van der Waals surface area contributed by atoms with Crippen LogP contribution in [0.25, 0.3) is 5.76 Å². The van der Waals surface area contributed by atoms with E-state index < -0.39 is 22.7 Å². The Morgan fingerprint density at radius 2 is 1.77 bits per heavy atom. The summed E-state index contributed by atoms with van der Waals surface area (Å²) >= 11 is 0. The van der Waals surface area contributed by atoms with Gasteiger partial charge in [-0.3, -0.25) is 19.7 Å². The molecule has 9 heteroatoms. The fraction of sp³-hybridized carbons (Fsp3) is 0.238. The van der Waals surface area contributed by atoms with E-state index in [9.17, 15) is 24.8 Å². The number of ether oxygens (including phenoxy) is 1. The Morgan fingerprint density at radius 1 is 1.13 bits per heavy atom. The van der Waals surface area contributed by atoms with Crippen molar-refractivity contribution in [2.75, 3.05) is 20.3 Å². The summed E-state index contributed by atoms with van der Waals surface area (Å²) in [7, 11) is 1.50. The Bertz CT molecular complexity index is 997. The van der Waals surface area contributed by atoms with E-state index in [1.807, 2.05) is 0 Å². The van der Waals surface area contributed by atoms with Gasteiger partial charge in [-0.05, 0) is 48.4 Å². The summed E-state index contributed by atoms with van der Waals surface area (Å²) in [6, 6.07) is 10.8. The summed E-state index contributed by atoms with van der Waals surface area (Å²) in [6.07, 6.45) is 0.235. The molecular weight excluding hydrogens is 392 g/mol. The van der Waals surface area contributed by atoms with Gasteiger partial charge in [-0.1, -0.05) is 0 Å². The number of carbonyl (C=O) groups excluding carboxylic acids is 2. The van der Waals surface area contributed by atoms with E-state index in [2.05, 4.69) is 0 Å². The molecule has 2 aromatic rings. The zero-order valence-corrected chi connectivity index (χ0v) is 16.1. The highest BCUT2D eigenvalue weighted by atomic mass is 16.6. The van der Waals surface area contributed by atoms with Crippen molar-refractivity contribution < 1.29 is 29.5 Å². The number of nitro groups is 1. The van der Waals surface area contributed by atoms with Crippen molar-refractivity contribution in [3.05, 3.63) is 75.3 Å². The Balaban J connectivity index is 2.12. The van der Waals surface area contributed by atoms with E-state index in [1.54, 1.807) is 24.3 Å². The maximum atomic E-state index is 12.8.